The molecule has 1 aliphatic rings. The first kappa shape index (κ1) is 16.0. The predicted octanol–water partition coefficient (Wildman–Crippen LogP) is 1.54. The van der Waals surface area contributed by atoms with E-state index in [0.717, 1.165) is 44.3 Å². The van der Waals surface area contributed by atoms with Gasteiger partial charge in [-0.05, 0) is 25.7 Å². The van der Waals surface area contributed by atoms with E-state index in [-0.39, 0.29) is 12.5 Å². The summed E-state index contributed by atoms with van der Waals surface area (Å²) in [4.78, 5) is 19.0. The van der Waals surface area contributed by atoms with Gasteiger partial charge in [-0.3, -0.25) is 9.63 Å². The fraction of sp³-hybridized carbons (Fsp3) is 0.786. The first-order chi connectivity index (χ1) is 9.13. The molecule has 0 aromatic heterocycles. The maximum atomic E-state index is 11.9. The number of hydroxylamine groups is 2. The number of aliphatic hydroxyl groups excluding tert-OH is 1. The van der Waals surface area contributed by atoms with E-state index in [4.69, 9.17) is 4.84 Å². The average Bonchev–Trinajstić information content (AvgIpc) is 2.85. The first-order valence-corrected chi connectivity index (χ1v) is 7.03. The van der Waals surface area contributed by atoms with Crippen molar-refractivity contribution in [2.75, 3.05) is 27.3 Å². The summed E-state index contributed by atoms with van der Waals surface area (Å²) >= 11 is 0. The third kappa shape index (κ3) is 4.51. The second-order valence-electron chi connectivity index (χ2n) is 4.91. The van der Waals surface area contributed by atoms with E-state index in [1.54, 1.807) is 13.1 Å². The molecule has 1 aliphatic heterocycles. The monoisotopic (exact) mass is 270 g/mol. The van der Waals surface area contributed by atoms with E-state index >= 15 is 0 Å². The minimum atomic E-state index is -0.136. The molecule has 1 saturated heterocycles. The van der Waals surface area contributed by atoms with E-state index in [0.29, 0.717) is 6.04 Å². The Bertz CT molecular complexity index is 312. The highest BCUT2D eigenvalue weighted by Gasteiger charge is 2.25. The van der Waals surface area contributed by atoms with Crippen molar-refractivity contribution in [1.82, 2.24) is 9.96 Å². The van der Waals surface area contributed by atoms with Crippen LogP contribution in [0.2, 0.25) is 0 Å². The van der Waals surface area contributed by atoms with Crippen molar-refractivity contribution in [3.63, 3.8) is 0 Å². The normalized spacial score (nSPS) is 18.9. The van der Waals surface area contributed by atoms with E-state index in [9.17, 15) is 9.90 Å². The van der Waals surface area contributed by atoms with Crippen LogP contribution in [0, 0.1) is 0 Å². The van der Waals surface area contributed by atoms with Gasteiger partial charge in [0.15, 0.2) is 0 Å². The highest BCUT2D eigenvalue weighted by atomic mass is 16.7. The highest BCUT2D eigenvalue weighted by molar-refractivity contribution is 5.87. The zero-order valence-electron chi connectivity index (χ0n) is 12.3. The van der Waals surface area contributed by atoms with Crippen molar-refractivity contribution in [3.05, 3.63) is 11.8 Å². The smallest absolute Gasteiger partial charge is 0.271 e. The standard InChI is InChI=1S/C14H26N2O3/c1-4-6-12(8-10-17)16-9-5-7-13(16)11-14(18)15(2)19-3/h11-12,17H,4-10H2,1-3H3/b13-11+/t12-/m1/s1. The summed E-state index contributed by atoms with van der Waals surface area (Å²) in [5, 5.41) is 10.4. The van der Waals surface area contributed by atoms with Crippen LogP contribution in [0.4, 0.5) is 0 Å². The lowest BCUT2D eigenvalue weighted by Gasteiger charge is -2.30. The van der Waals surface area contributed by atoms with Gasteiger partial charge in [0.2, 0.25) is 0 Å². The fourth-order valence-electron chi connectivity index (χ4n) is 2.55. The van der Waals surface area contributed by atoms with Crippen molar-refractivity contribution in [3.8, 4) is 0 Å². The molecule has 1 rings (SSSR count). The largest absolute Gasteiger partial charge is 0.396 e. The molecule has 0 aliphatic carbocycles. The minimum Gasteiger partial charge on any atom is -0.396 e. The van der Waals surface area contributed by atoms with E-state index in [2.05, 4.69) is 11.8 Å². The van der Waals surface area contributed by atoms with Crippen LogP contribution in [0.3, 0.4) is 0 Å². The quantitative estimate of drug-likeness (QED) is 0.563. The molecule has 1 heterocycles. The number of amides is 1. The Kier molecular flexibility index (Phi) is 6.87. The van der Waals surface area contributed by atoms with Crippen molar-refractivity contribution in [2.24, 2.45) is 0 Å². The highest BCUT2D eigenvalue weighted by Crippen LogP contribution is 2.27. The number of hydrogen-bond acceptors (Lipinski definition) is 4. The summed E-state index contributed by atoms with van der Waals surface area (Å²) in [6, 6.07) is 0.337. The summed E-state index contributed by atoms with van der Waals surface area (Å²) in [6.07, 6.45) is 6.55. The maximum Gasteiger partial charge on any atom is 0.271 e. The van der Waals surface area contributed by atoms with E-state index in [1.807, 2.05) is 0 Å². The van der Waals surface area contributed by atoms with Gasteiger partial charge in [0.05, 0.1) is 7.11 Å². The molecule has 1 N–H and O–H groups in total. The van der Waals surface area contributed by atoms with Gasteiger partial charge >= 0.3 is 0 Å². The molecular formula is C14H26N2O3. The lowest BCUT2D eigenvalue weighted by Crippen LogP contribution is -2.33. The molecule has 5 nitrogen and oxygen atoms in total. The van der Waals surface area contributed by atoms with Crippen LogP contribution < -0.4 is 0 Å². The summed E-state index contributed by atoms with van der Waals surface area (Å²) in [5.41, 5.74) is 1.07. The lowest BCUT2D eigenvalue weighted by molar-refractivity contribution is -0.162. The molecule has 19 heavy (non-hydrogen) atoms. The molecule has 1 fully saturated rings. The number of hydrogen-bond donors (Lipinski definition) is 1. The van der Waals surface area contributed by atoms with Crippen LogP contribution >= 0.6 is 0 Å². The Morgan fingerprint density at radius 2 is 2.32 bits per heavy atom. The van der Waals surface area contributed by atoms with Gasteiger partial charge in [0.25, 0.3) is 5.91 Å². The summed E-state index contributed by atoms with van der Waals surface area (Å²) < 4.78 is 0. The van der Waals surface area contributed by atoms with Gasteiger partial charge in [0, 0.05) is 38.0 Å². The average molecular weight is 270 g/mol. The van der Waals surface area contributed by atoms with Gasteiger partial charge in [-0.1, -0.05) is 13.3 Å². The molecular weight excluding hydrogens is 244 g/mol. The molecule has 0 aromatic carbocycles. The third-order valence-corrected chi connectivity index (χ3v) is 3.60. The van der Waals surface area contributed by atoms with Crippen LogP contribution in [0.5, 0.6) is 0 Å². The fourth-order valence-corrected chi connectivity index (χ4v) is 2.55. The second kappa shape index (κ2) is 8.17. The number of rotatable bonds is 7. The molecule has 5 heteroatoms. The van der Waals surface area contributed by atoms with Crippen LogP contribution in [0.1, 0.15) is 39.0 Å². The van der Waals surface area contributed by atoms with Gasteiger partial charge in [-0.25, -0.2) is 5.06 Å². The zero-order chi connectivity index (χ0) is 14.3. The number of aliphatic hydroxyl groups is 1. The zero-order valence-corrected chi connectivity index (χ0v) is 12.3. The Balaban J connectivity index is 2.76. The van der Waals surface area contributed by atoms with Gasteiger partial charge < -0.3 is 10.0 Å². The minimum absolute atomic E-state index is 0.136. The van der Waals surface area contributed by atoms with Crippen LogP contribution in [-0.4, -0.2) is 54.3 Å². The topological polar surface area (TPSA) is 53.0 Å². The number of carbonyl (C=O) groups is 1. The predicted molar refractivity (Wildman–Crippen MR) is 74.2 cm³/mol. The van der Waals surface area contributed by atoms with Crippen molar-refractivity contribution in [1.29, 1.82) is 0 Å². The molecule has 0 aromatic rings. The Hall–Kier alpha value is -1.07. The third-order valence-electron chi connectivity index (χ3n) is 3.60. The summed E-state index contributed by atoms with van der Waals surface area (Å²) in [7, 11) is 3.09. The molecule has 0 bridgehead atoms. The van der Waals surface area contributed by atoms with Crippen molar-refractivity contribution < 1.29 is 14.7 Å². The Morgan fingerprint density at radius 3 is 2.89 bits per heavy atom. The van der Waals surface area contributed by atoms with Gasteiger partial charge in [0.1, 0.15) is 0 Å². The number of likely N-dealkylation sites (N-methyl/N-ethyl adjacent to an activating group) is 1. The number of nitrogens with zero attached hydrogens (tertiary/aromatic N) is 2. The molecule has 1 atom stereocenters. The molecule has 110 valence electrons. The maximum absolute atomic E-state index is 11.9. The number of allylic oxidation sites excluding steroid dienone is 1. The number of carbonyl (C=O) groups excluding carboxylic acids is 1. The molecule has 0 spiro atoms. The van der Waals surface area contributed by atoms with Crippen molar-refractivity contribution in [2.45, 2.75) is 45.1 Å². The molecule has 1 amide bonds. The lowest BCUT2D eigenvalue weighted by atomic mass is 10.1. The second-order valence-corrected chi connectivity index (χ2v) is 4.91. The first-order valence-electron chi connectivity index (χ1n) is 7.03. The molecule has 0 unspecified atom stereocenters. The number of likely N-dealkylation sites (tertiary alicyclic amines) is 1. The molecule has 0 radical (unpaired) electrons. The summed E-state index contributed by atoms with van der Waals surface area (Å²) in [6.45, 7) is 3.31. The van der Waals surface area contributed by atoms with Gasteiger partial charge in [-0.2, -0.15) is 0 Å². The van der Waals surface area contributed by atoms with Crippen molar-refractivity contribution >= 4 is 5.91 Å². The summed E-state index contributed by atoms with van der Waals surface area (Å²) in [5.74, 6) is -0.136. The Labute approximate surface area is 115 Å². The van der Waals surface area contributed by atoms with E-state index in [1.165, 1.54) is 12.2 Å². The van der Waals surface area contributed by atoms with Crippen LogP contribution in [0.15, 0.2) is 11.8 Å². The van der Waals surface area contributed by atoms with E-state index < -0.39 is 0 Å². The van der Waals surface area contributed by atoms with Gasteiger partial charge in [-0.15, -0.1) is 0 Å². The molecule has 0 saturated carbocycles. The van der Waals surface area contributed by atoms with Crippen LogP contribution in [0.25, 0.3) is 0 Å². The Morgan fingerprint density at radius 1 is 1.58 bits per heavy atom. The SMILES string of the molecule is CCC[C@H](CCO)N1CCC/C1=C\C(=O)N(C)OC. The van der Waals surface area contributed by atoms with Crippen LogP contribution in [-0.2, 0) is 9.63 Å².